The standard InChI is InChI=1S/C14H17Cl2F3N2/c15-11-6-5-8(7-12(11)16)13(21-20)9-3-1-2-4-10(9)14(17,18)19/h5-7,9-10,13,21H,1-4,20H2. The molecule has 0 spiro atoms. The van der Waals surface area contributed by atoms with Crippen LogP contribution in [-0.2, 0) is 0 Å². The Bertz CT molecular complexity index is 494. The van der Waals surface area contributed by atoms with E-state index in [1.165, 1.54) is 0 Å². The lowest BCUT2D eigenvalue weighted by atomic mass is 9.73. The van der Waals surface area contributed by atoms with E-state index in [0.717, 1.165) is 6.42 Å². The molecule has 1 aliphatic rings. The summed E-state index contributed by atoms with van der Waals surface area (Å²) in [4.78, 5) is 0. The first-order valence-corrected chi connectivity index (χ1v) is 7.58. The summed E-state index contributed by atoms with van der Waals surface area (Å²) in [5, 5.41) is 0.681. The van der Waals surface area contributed by atoms with Crippen molar-refractivity contribution in [1.82, 2.24) is 5.43 Å². The van der Waals surface area contributed by atoms with Gasteiger partial charge in [-0.3, -0.25) is 11.3 Å². The molecule has 118 valence electrons. The van der Waals surface area contributed by atoms with Gasteiger partial charge in [0.05, 0.1) is 16.0 Å². The monoisotopic (exact) mass is 340 g/mol. The van der Waals surface area contributed by atoms with Gasteiger partial charge in [-0.15, -0.1) is 0 Å². The third-order valence-corrected chi connectivity index (χ3v) is 4.89. The molecule has 1 fully saturated rings. The van der Waals surface area contributed by atoms with Gasteiger partial charge in [-0.2, -0.15) is 13.2 Å². The Kier molecular flexibility index (Phi) is 5.41. The van der Waals surface area contributed by atoms with Gasteiger partial charge in [-0.25, -0.2) is 0 Å². The lowest BCUT2D eigenvalue weighted by molar-refractivity contribution is -0.199. The SMILES string of the molecule is NNC(c1ccc(Cl)c(Cl)c1)C1CCCCC1C(F)(F)F. The van der Waals surface area contributed by atoms with Crippen LogP contribution in [0.25, 0.3) is 0 Å². The second-order valence-corrected chi connectivity index (χ2v) is 6.23. The predicted octanol–water partition coefficient (Wildman–Crippen LogP) is 4.87. The second-order valence-electron chi connectivity index (χ2n) is 5.41. The molecule has 3 unspecified atom stereocenters. The zero-order valence-electron chi connectivity index (χ0n) is 11.3. The first kappa shape index (κ1) is 16.9. The minimum atomic E-state index is -4.21. The van der Waals surface area contributed by atoms with Crippen LogP contribution in [0.15, 0.2) is 18.2 Å². The van der Waals surface area contributed by atoms with Crippen molar-refractivity contribution in [2.45, 2.75) is 37.9 Å². The van der Waals surface area contributed by atoms with Crippen LogP contribution in [0.2, 0.25) is 10.0 Å². The Balaban J connectivity index is 2.31. The minimum absolute atomic E-state index is 0.146. The molecule has 7 heteroatoms. The molecular weight excluding hydrogens is 324 g/mol. The summed E-state index contributed by atoms with van der Waals surface area (Å²) in [7, 11) is 0. The van der Waals surface area contributed by atoms with E-state index in [2.05, 4.69) is 5.43 Å². The van der Waals surface area contributed by atoms with Crippen molar-refractivity contribution in [1.29, 1.82) is 0 Å². The Morgan fingerprint density at radius 1 is 1.14 bits per heavy atom. The third-order valence-electron chi connectivity index (χ3n) is 4.15. The molecule has 21 heavy (non-hydrogen) atoms. The van der Waals surface area contributed by atoms with E-state index < -0.39 is 24.1 Å². The molecule has 1 aromatic carbocycles. The fourth-order valence-corrected chi connectivity index (χ4v) is 3.44. The average molecular weight is 341 g/mol. The second kappa shape index (κ2) is 6.73. The fourth-order valence-electron chi connectivity index (χ4n) is 3.14. The van der Waals surface area contributed by atoms with Crippen LogP contribution in [0.3, 0.4) is 0 Å². The molecular formula is C14H17Cl2F3N2. The number of hydrogen-bond donors (Lipinski definition) is 2. The molecule has 1 aromatic rings. The molecule has 0 radical (unpaired) electrons. The molecule has 1 saturated carbocycles. The van der Waals surface area contributed by atoms with Gasteiger partial charge in [0.1, 0.15) is 0 Å². The van der Waals surface area contributed by atoms with Crippen molar-refractivity contribution in [2.75, 3.05) is 0 Å². The minimum Gasteiger partial charge on any atom is -0.271 e. The summed E-state index contributed by atoms with van der Waals surface area (Å²) < 4.78 is 39.7. The summed E-state index contributed by atoms with van der Waals surface area (Å²) in [6.07, 6.45) is -2.21. The maximum absolute atomic E-state index is 13.2. The van der Waals surface area contributed by atoms with E-state index in [9.17, 15) is 13.2 Å². The van der Waals surface area contributed by atoms with Crippen LogP contribution < -0.4 is 11.3 Å². The van der Waals surface area contributed by atoms with Gasteiger partial charge in [-0.05, 0) is 36.5 Å². The smallest absolute Gasteiger partial charge is 0.271 e. The molecule has 0 aromatic heterocycles. The van der Waals surface area contributed by atoms with Crippen molar-refractivity contribution < 1.29 is 13.2 Å². The van der Waals surface area contributed by atoms with Crippen molar-refractivity contribution >= 4 is 23.2 Å². The topological polar surface area (TPSA) is 38.0 Å². The molecule has 0 bridgehead atoms. The summed E-state index contributed by atoms with van der Waals surface area (Å²) in [6.45, 7) is 0. The summed E-state index contributed by atoms with van der Waals surface area (Å²) >= 11 is 11.8. The number of rotatable bonds is 3. The Morgan fingerprint density at radius 2 is 1.81 bits per heavy atom. The Hall–Kier alpha value is -0.490. The lowest BCUT2D eigenvalue weighted by Crippen LogP contribution is -2.42. The highest BCUT2D eigenvalue weighted by Crippen LogP contribution is 2.46. The van der Waals surface area contributed by atoms with E-state index in [1.54, 1.807) is 18.2 Å². The van der Waals surface area contributed by atoms with Gasteiger partial charge in [-0.1, -0.05) is 42.1 Å². The van der Waals surface area contributed by atoms with Crippen LogP contribution in [0.4, 0.5) is 13.2 Å². The van der Waals surface area contributed by atoms with Gasteiger partial charge in [0.25, 0.3) is 0 Å². The van der Waals surface area contributed by atoms with Crippen LogP contribution in [0.1, 0.15) is 37.3 Å². The fraction of sp³-hybridized carbons (Fsp3) is 0.571. The Labute approximate surface area is 131 Å². The van der Waals surface area contributed by atoms with E-state index in [1.807, 2.05) is 0 Å². The highest BCUT2D eigenvalue weighted by molar-refractivity contribution is 6.42. The third kappa shape index (κ3) is 3.83. The predicted molar refractivity (Wildman–Crippen MR) is 78.0 cm³/mol. The van der Waals surface area contributed by atoms with Crippen LogP contribution in [-0.4, -0.2) is 6.18 Å². The number of nitrogens with one attached hydrogen (secondary N) is 1. The van der Waals surface area contributed by atoms with Gasteiger partial charge in [0.15, 0.2) is 0 Å². The average Bonchev–Trinajstić information content (AvgIpc) is 2.43. The van der Waals surface area contributed by atoms with Gasteiger partial charge >= 0.3 is 6.18 Å². The van der Waals surface area contributed by atoms with Crippen molar-refractivity contribution in [3.63, 3.8) is 0 Å². The van der Waals surface area contributed by atoms with Gasteiger partial charge in [0.2, 0.25) is 0 Å². The normalized spacial score (nSPS) is 24.9. The molecule has 0 amide bonds. The maximum atomic E-state index is 13.2. The Morgan fingerprint density at radius 3 is 2.38 bits per heavy atom. The van der Waals surface area contributed by atoms with E-state index in [-0.39, 0.29) is 6.42 Å². The molecule has 1 aliphatic carbocycles. The first-order chi connectivity index (χ1) is 9.84. The quantitative estimate of drug-likeness (QED) is 0.608. The van der Waals surface area contributed by atoms with Crippen molar-refractivity contribution in [3.8, 4) is 0 Å². The number of alkyl halides is 3. The van der Waals surface area contributed by atoms with Gasteiger partial charge < -0.3 is 0 Å². The first-order valence-electron chi connectivity index (χ1n) is 6.82. The van der Waals surface area contributed by atoms with Crippen LogP contribution in [0.5, 0.6) is 0 Å². The molecule has 2 nitrogen and oxygen atoms in total. The molecule has 0 aliphatic heterocycles. The van der Waals surface area contributed by atoms with Crippen molar-refractivity contribution in [2.24, 2.45) is 17.7 Å². The highest BCUT2D eigenvalue weighted by Gasteiger charge is 2.48. The van der Waals surface area contributed by atoms with Crippen molar-refractivity contribution in [3.05, 3.63) is 33.8 Å². The number of hydrazine groups is 1. The van der Waals surface area contributed by atoms with E-state index >= 15 is 0 Å². The van der Waals surface area contributed by atoms with Gasteiger partial charge in [0, 0.05) is 6.04 Å². The lowest BCUT2D eigenvalue weighted by Gasteiger charge is -2.38. The van der Waals surface area contributed by atoms with Crippen LogP contribution >= 0.6 is 23.2 Å². The molecule has 3 N–H and O–H groups in total. The molecule has 0 heterocycles. The summed E-state index contributed by atoms with van der Waals surface area (Å²) in [5.74, 6) is 3.59. The highest BCUT2D eigenvalue weighted by atomic mass is 35.5. The number of halogens is 5. The summed E-state index contributed by atoms with van der Waals surface area (Å²) in [5.41, 5.74) is 3.17. The van der Waals surface area contributed by atoms with E-state index in [4.69, 9.17) is 29.0 Å². The molecule has 2 rings (SSSR count). The van der Waals surface area contributed by atoms with Crippen LogP contribution in [0, 0.1) is 11.8 Å². The molecule has 0 saturated heterocycles. The van der Waals surface area contributed by atoms with E-state index in [0.29, 0.717) is 28.5 Å². The zero-order valence-corrected chi connectivity index (χ0v) is 12.8. The number of benzene rings is 1. The maximum Gasteiger partial charge on any atom is 0.392 e. The largest absolute Gasteiger partial charge is 0.392 e. The zero-order chi connectivity index (χ0) is 15.6. The summed E-state index contributed by atoms with van der Waals surface area (Å²) in [6, 6.07) is 4.23. The number of hydrogen-bond acceptors (Lipinski definition) is 2. The molecule has 3 atom stereocenters. The number of nitrogens with two attached hydrogens (primary N) is 1.